The van der Waals surface area contributed by atoms with Gasteiger partial charge in [-0.05, 0) is 120 Å². The molecule has 2 bridgehead atoms. The van der Waals surface area contributed by atoms with E-state index in [4.69, 9.17) is 0 Å². The number of carbonyl (C=O) groups excluding carboxylic acids is 4. The van der Waals surface area contributed by atoms with Crippen LogP contribution in [0, 0.1) is 0 Å². The molecule has 6 atom stereocenters. The number of rotatable bonds is 28. The molecule has 8 amide bonds. The van der Waals surface area contributed by atoms with Crippen molar-refractivity contribution in [1.29, 1.82) is 0 Å². The number of urea groups is 4. The third kappa shape index (κ3) is 11.0. The van der Waals surface area contributed by atoms with Crippen molar-refractivity contribution in [2.24, 2.45) is 0 Å². The molecule has 7 aromatic rings. The molecule has 10 heterocycles. The van der Waals surface area contributed by atoms with Crippen LogP contribution in [0.15, 0.2) is 140 Å². The fraction of sp³-hybridized carbons (Fsp3) is 0.500. The van der Waals surface area contributed by atoms with Gasteiger partial charge in [-0.15, -0.1) is 0 Å². The van der Waals surface area contributed by atoms with Crippen molar-refractivity contribution in [1.82, 2.24) is 59.6 Å². The van der Waals surface area contributed by atoms with E-state index in [1.165, 1.54) is 118 Å². The Balaban J connectivity index is 0.689. The summed E-state index contributed by atoms with van der Waals surface area (Å²) in [7, 11) is 0. The lowest BCUT2D eigenvalue weighted by Gasteiger charge is -2.46. The largest absolute Gasteiger partial charge is 0.322 e. The van der Waals surface area contributed by atoms with Crippen molar-refractivity contribution in [2.45, 2.75) is 268 Å². The highest BCUT2D eigenvalue weighted by Crippen LogP contribution is 2.59. The fourth-order valence-electron chi connectivity index (χ4n) is 20.8. The van der Waals surface area contributed by atoms with E-state index in [9.17, 15) is 0 Å². The molecule has 20 heteroatoms. The minimum Gasteiger partial charge on any atom is -0.307 e. The number of hydrogen-bond donors (Lipinski definition) is 4. The van der Waals surface area contributed by atoms with Crippen LogP contribution in [0.5, 0.6) is 0 Å². The summed E-state index contributed by atoms with van der Waals surface area (Å²) in [5.41, 5.74) is 6.23. The summed E-state index contributed by atoms with van der Waals surface area (Å²) in [6, 6.07) is 36.2. The van der Waals surface area contributed by atoms with Crippen molar-refractivity contribution in [3.8, 4) is 0 Å². The van der Waals surface area contributed by atoms with Gasteiger partial charge in [0.1, 0.15) is 0 Å². The fourth-order valence-corrected chi connectivity index (χ4v) is 20.8. The molecule has 2 aromatic heterocycles. The van der Waals surface area contributed by atoms with Gasteiger partial charge in [0.2, 0.25) is 0 Å². The van der Waals surface area contributed by atoms with Crippen molar-refractivity contribution >= 4 is 24.1 Å². The summed E-state index contributed by atoms with van der Waals surface area (Å²) in [6.07, 6.45) is 27.6. The van der Waals surface area contributed by atoms with Gasteiger partial charge in [-0.3, -0.25) is 38.8 Å². The first-order chi connectivity index (χ1) is 52.6. The average molecular weight is 1460 g/mol. The number of aryl methyl sites for hydroxylation is 4. The average Bonchev–Trinajstić information content (AvgIpc) is 1.47. The van der Waals surface area contributed by atoms with Crippen molar-refractivity contribution in [3.05, 3.63) is 251 Å². The zero-order chi connectivity index (χ0) is 74.4. The van der Waals surface area contributed by atoms with Gasteiger partial charge in [-0.2, -0.15) is 0 Å². The second kappa shape index (κ2) is 28.4. The Bertz CT molecular complexity index is 4840. The van der Waals surface area contributed by atoms with Gasteiger partial charge in [0, 0.05) is 69.4 Å². The van der Waals surface area contributed by atoms with Gasteiger partial charge < -0.3 is 21.3 Å². The minimum atomic E-state index is -1.44. The molecule has 4 fully saturated rings. The minimum absolute atomic E-state index is 0.0307. The zero-order valence-corrected chi connectivity index (χ0v) is 63.4. The highest BCUT2D eigenvalue weighted by atomic mass is 16.2. The van der Waals surface area contributed by atoms with E-state index >= 15 is 38.4 Å². The zero-order valence-electron chi connectivity index (χ0n) is 63.4. The topological polar surface area (TPSA) is 217 Å². The molecule has 20 nitrogen and oxygen atoms in total. The van der Waals surface area contributed by atoms with E-state index in [-0.39, 0.29) is 98.7 Å². The van der Waals surface area contributed by atoms with Gasteiger partial charge >= 0.3 is 24.1 Å². The molecule has 4 unspecified atom stereocenters. The summed E-state index contributed by atoms with van der Waals surface area (Å²) >= 11 is 0. The number of unbranched alkanes of at least 4 members (excludes halogenated alkanes) is 16. The monoisotopic (exact) mass is 1460 g/mol. The predicted molar refractivity (Wildman–Crippen MR) is 415 cm³/mol. The molecule has 5 aromatic carbocycles. The molecule has 8 aliphatic heterocycles. The Hall–Kier alpha value is -9.72. The predicted octanol–water partition coefficient (Wildman–Crippen LogP) is 14.0. The summed E-state index contributed by atoms with van der Waals surface area (Å²) < 4.78 is 5.97. The third-order valence-corrected chi connectivity index (χ3v) is 26.4. The lowest BCUT2D eigenvalue weighted by Crippen LogP contribution is -2.62. The van der Waals surface area contributed by atoms with E-state index in [0.29, 0.717) is 12.8 Å². The van der Waals surface area contributed by atoms with Crippen LogP contribution in [0.1, 0.15) is 270 Å². The molecule has 4 N–H and O–H groups in total. The van der Waals surface area contributed by atoms with Crippen molar-refractivity contribution in [2.75, 3.05) is 13.1 Å². The lowest BCUT2D eigenvalue weighted by atomic mass is 9.65. The highest BCUT2D eigenvalue weighted by molar-refractivity contribution is 5.91. The molecular weight excluding hydrogens is 1350 g/mol. The number of nitrogens with zero attached hydrogens (tertiary/aromatic N) is 8. The Kier molecular flexibility index (Phi) is 18.7. The number of benzene rings is 5. The standard InChI is InChI=1S/C88H104N12O8/c1-5-9-13-17-21-25-57-29-37-67(38-30-57)85-87(69-41-33-59(34-42-69)27-23-19-15-11-7-3)93(81(105)89-85)49-61-47-63-53-97-77(101)73-71-45-46-72(74(73)78(102)98(97)54-64(63)48-62(61)50-94(87)82(106)90-85)76-75(71)79(103)99-55-65-51-95-83(107)91-86(68-39-31-58(32-40-68)26-22-18-14-10-6-2)88(95,70-43-35-60(36-44-70)28-24-20-16-12-8-4)96(84(108)92-86)52-66(65)56-100(99)80(76)104/h29-44,47-48,71-72H,5-28,45-46,49-56H2,1-4H3,(H,89,105)(H,90,106)(H,91,107)(H,92,108)/t71-,72+,85?,86?,87?,88?. The second-order valence-corrected chi connectivity index (χ2v) is 32.7. The third-order valence-electron chi connectivity index (χ3n) is 26.4. The van der Waals surface area contributed by atoms with Gasteiger partial charge in [0.25, 0.3) is 22.2 Å². The smallest absolute Gasteiger partial charge is 0.307 e. The number of hydrogen-bond acceptors (Lipinski definition) is 8. The van der Waals surface area contributed by atoms with E-state index in [2.05, 4.69) is 134 Å². The number of nitrogens with one attached hydrogen (secondary N) is 4. The highest BCUT2D eigenvalue weighted by Gasteiger charge is 2.76. The maximum atomic E-state index is 15.8. The van der Waals surface area contributed by atoms with Crippen LogP contribution in [-0.4, -0.2) is 75.5 Å². The van der Waals surface area contributed by atoms with Crippen LogP contribution >= 0.6 is 0 Å². The molecule has 0 saturated carbocycles. The van der Waals surface area contributed by atoms with Gasteiger partial charge in [-0.25, -0.2) is 37.9 Å². The summed E-state index contributed by atoms with van der Waals surface area (Å²) in [5.74, 6) is -1.67. The molecular formula is C88H104N12O8. The van der Waals surface area contributed by atoms with Crippen LogP contribution in [0.4, 0.5) is 19.2 Å². The molecule has 11 aliphatic rings. The van der Waals surface area contributed by atoms with Crippen LogP contribution in [-0.2, 0) is 87.6 Å². The first-order valence-corrected chi connectivity index (χ1v) is 41.0. The molecule has 108 heavy (non-hydrogen) atoms. The quantitative estimate of drug-likeness (QED) is 0.0272. The maximum Gasteiger partial charge on any atom is 0.322 e. The van der Waals surface area contributed by atoms with E-state index in [1.54, 1.807) is 9.80 Å². The first kappa shape index (κ1) is 71.2. The van der Waals surface area contributed by atoms with Gasteiger partial charge in [0.15, 0.2) is 22.7 Å². The Labute approximate surface area is 631 Å². The summed E-state index contributed by atoms with van der Waals surface area (Å²) in [4.78, 5) is 131. The summed E-state index contributed by atoms with van der Waals surface area (Å²) in [5, 5.41) is 13.4. The number of fused-ring (bicyclic) bond motifs is 5. The Morgan fingerprint density at radius 2 is 0.546 bits per heavy atom. The van der Waals surface area contributed by atoms with Crippen molar-refractivity contribution in [3.63, 3.8) is 0 Å². The lowest BCUT2D eigenvalue weighted by molar-refractivity contribution is -0.0153. The Morgan fingerprint density at radius 1 is 0.296 bits per heavy atom. The maximum absolute atomic E-state index is 15.8. The van der Waals surface area contributed by atoms with E-state index < -0.39 is 56.7 Å². The number of amides is 8. The van der Waals surface area contributed by atoms with E-state index in [0.717, 1.165) is 133 Å². The normalized spacial score (nSPS) is 23.5. The van der Waals surface area contributed by atoms with Gasteiger partial charge in [-0.1, -0.05) is 240 Å². The Morgan fingerprint density at radius 3 is 0.833 bits per heavy atom. The van der Waals surface area contributed by atoms with Crippen LogP contribution in [0.3, 0.4) is 0 Å². The molecule has 0 radical (unpaired) electrons. The molecule has 3 aliphatic carbocycles. The van der Waals surface area contributed by atoms with Crippen molar-refractivity contribution < 1.29 is 19.2 Å². The molecule has 564 valence electrons. The molecule has 4 saturated heterocycles. The van der Waals surface area contributed by atoms with Crippen LogP contribution < -0.4 is 43.5 Å². The molecule has 0 spiro atoms. The molecule has 18 rings (SSSR count). The van der Waals surface area contributed by atoms with Crippen LogP contribution in [0.2, 0.25) is 0 Å². The van der Waals surface area contributed by atoms with E-state index in [1.807, 2.05) is 34.1 Å². The SMILES string of the molecule is CCCCCCCc1ccc(C23NC(=O)N4CC5=C(CN(C(=O)N2)C43c2ccc(CCCCCCC)cc2)Cn2c(=O)c3c(c(=O)n2C5)[C@H]2CC[C@@H]3c3c2c(=O)n2n(c3=O)Cc3cc4c(cc3C2)CN2C(=O)NC3(c5ccc(CCCCCCC)cc5)NC(=O)N(C4)C23c2ccc(CCCCCCC)cc2)cc1. The van der Waals surface area contributed by atoms with Crippen LogP contribution in [0.25, 0.3) is 0 Å². The summed E-state index contributed by atoms with van der Waals surface area (Å²) in [6.45, 7) is 9.22. The number of aromatic nitrogens is 4. The number of carbonyl (C=O) groups is 4. The first-order valence-electron chi connectivity index (χ1n) is 41.0. The second-order valence-electron chi connectivity index (χ2n) is 32.7. The van der Waals surface area contributed by atoms with Gasteiger partial charge in [0.05, 0.1) is 39.3 Å².